The van der Waals surface area contributed by atoms with Gasteiger partial charge in [-0.05, 0) is 37.2 Å². The van der Waals surface area contributed by atoms with Crippen molar-refractivity contribution < 1.29 is 4.74 Å². The molecule has 0 heterocycles. The van der Waals surface area contributed by atoms with Gasteiger partial charge in [-0.1, -0.05) is 30.3 Å². The Morgan fingerprint density at radius 3 is 2.44 bits per heavy atom. The minimum absolute atomic E-state index is 0.376. The van der Waals surface area contributed by atoms with Crippen molar-refractivity contribution in [3.63, 3.8) is 0 Å². The van der Waals surface area contributed by atoms with Gasteiger partial charge in [0.1, 0.15) is 0 Å². The number of benzene rings is 1. The van der Waals surface area contributed by atoms with Crippen LogP contribution in [0.1, 0.15) is 37.2 Å². The zero-order chi connectivity index (χ0) is 11.2. The van der Waals surface area contributed by atoms with Crippen LogP contribution in [0.5, 0.6) is 0 Å². The van der Waals surface area contributed by atoms with Crippen LogP contribution in [-0.2, 0) is 4.74 Å². The van der Waals surface area contributed by atoms with E-state index in [4.69, 9.17) is 10.1 Å². The molecule has 1 N–H and O–H groups in total. The van der Waals surface area contributed by atoms with Crippen LogP contribution in [0.4, 0.5) is 0 Å². The largest absolute Gasteiger partial charge is 0.373 e. The van der Waals surface area contributed by atoms with E-state index in [-0.39, 0.29) is 0 Å². The van der Waals surface area contributed by atoms with Gasteiger partial charge in [-0.25, -0.2) is 0 Å². The highest BCUT2D eigenvalue weighted by molar-refractivity contribution is 5.54. The predicted octanol–water partition coefficient (Wildman–Crippen LogP) is 3.38. The van der Waals surface area contributed by atoms with Crippen molar-refractivity contribution in [2.24, 2.45) is 0 Å². The van der Waals surface area contributed by atoms with E-state index >= 15 is 0 Å². The first-order chi connectivity index (χ1) is 7.90. The summed E-state index contributed by atoms with van der Waals surface area (Å²) in [7, 11) is 0. The maximum atomic E-state index is 6.95. The van der Waals surface area contributed by atoms with Crippen LogP contribution in [0.2, 0.25) is 0 Å². The third kappa shape index (κ3) is 2.92. The number of ether oxygens (including phenoxy) is 1. The molecule has 2 rings (SSSR count). The van der Waals surface area contributed by atoms with Crippen LogP contribution < -0.4 is 0 Å². The fourth-order valence-corrected chi connectivity index (χ4v) is 2.47. The van der Waals surface area contributed by atoms with Crippen LogP contribution in [0.15, 0.2) is 30.3 Å². The van der Waals surface area contributed by atoms with Gasteiger partial charge in [-0.15, -0.1) is 0 Å². The molecule has 1 aromatic rings. The third-order valence-electron chi connectivity index (χ3n) is 3.36. The van der Waals surface area contributed by atoms with E-state index in [2.05, 4.69) is 30.3 Å². The highest BCUT2D eigenvalue weighted by Crippen LogP contribution is 2.33. The molecule has 1 aromatic carbocycles. The smallest absolute Gasteiger partial charge is 0.0815 e. The van der Waals surface area contributed by atoms with Gasteiger partial charge >= 0.3 is 0 Å². The van der Waals surface area contributed by atoms with Gasteiger partial charge in [0.2, 0.25) is 0 Å². The fraction of sp³-hybridized carbons (Fsp3) is 0.500. The minimum atomic E-state index is 0.376. The lowest BCUT2D eigenvalue weighted by molar-refractivity contribution is 0.0497. The summed E-state index contributed by atoms with van der Waals surface area (Å²) in [4.78, 5) is 0. The number of nitrogens with one attached hydrogen (secondary N) is 1. The summed E-state index contributed by atoms with van der Waals surface area (Å²) < 4.78 is 5.57. The van der Waals surface area contributed by atoms with Crippen molar-refractivity contribution in [1.29, 1.82) is 5.41 Å². The first-order valence-electron chi connectivity index (χ1n) is 6.05. The van der Waals surface area contributed by atoms with Gasteiger partial charge in [-0.3, -0.25) is 0 Å². The number of hydrogen-bond donors (Lipinski definition) is 1. The van der Waals surface area contributed by atoms with Crippen LogP contribution in [0.25, 0.3) is 0 Å². The second kappa shape index (κ2) is 5.80. The van der Waals surface area contributed by atoms with Gasteiger partial charge in [-0.2, -0.15) is 0 Å². The molecular weight excluding hydrogens is 198 g/mol. The summed E-state index contributed by atoms with van der Waals surface area (Å²) in [6.07, 6.45) is 6.41. The summed E-state index contributed by atoms with van der Waals surface area (Å²) in [6, 6.07) is 10.8. The van der Waals surface area contributed by atoms with E-state index in [1.54, 1.807) is 0 Å². The Morgan fingerprint density at radius 2 is 1.81 bits per heavy atom. The normalized spacial score (nSPS) is 25.2. The monoisotopic (exact) mass is 217 g/mol. The summed E-state index contributed by atoms with van der Waals surface area (Å²) >= 11 is 0. The highest BCUT2D eigenvalue weighted by atomic mass is 16.5. The Morgan fingerprint density at radius 1 is 1.12 bits per heavy atom. The molecule has 0 amide bonds. The molecule has 0 bridgehead atoms. The van der Waals surface area contributed by atoms with E-state index in [0.717, 1.165) is 12.8 Å². The molecule has 0 radical (unpaired) electrons. The van der Waals surface area contributed by atoms with Gasteiger partial charge < -0.3 is 10.1 Å². The van der Waals surface area contributed by atoms with Crippen molar-refractivity contribution in [1.82, 2.24) is 0 Å². The second-order valence-corrected chi connectivity index (χ2v) is 4.42. The summed E-state index contributed by atoms with van der Waals surface area (Å²) in [6.45, 7) is 0.473. The quantitative estimate of drug-likeness (QED) is 0.770. The van der Waals surface area contributed by atoms with Crippen LogP contribution in [0, 0.1) is 5.41 Å². The van der Waals surface area contributed by atoms with E-state index in [9.17, 15) is 0 Å². The standard InChI is InChI=1S/C14H19NO/c15-10-11-16-14-8-6-13(7-9-14)12-4-2-1-3-5-12/h1-5,10,13-15H,6-9,11H2. The first kappa shape index (κ1) is 11.3. The molecule has 0 saturated heterocycles. The maximum Gasteiger partial charge on any atom is 0.0815 e. The first-order valence-corrected chi connectivity index (χ1v) is 6.05. The van der Waals surface area contributed by atoms with Crippen molar-refractivity contribution in [3.05, 3.63) is 35.9 Å². The fourth-order valence-electron chi connectivity index (χ4n) is 2.47. The lowest BCUT2D eigenvalue weighted by Crippen LogP contribution is -2.21. The lowest BCUT2D eigenvalue weighted by Gasteiger charge is -2.28. The van der Waals surface area contributed by atoms with E-state index in [1.807, 2.05) is 0 Å². The zero-order valence-electron chi connectivity index (χ0n) is 9.56. The highest BCUT2D eigenvalue weighted by Gasteiger charge is 2.22. The van der Waals surface area contributed by atoms with Gasteiger partial charge in [0.15, 0.2) is 0 Å². The van der Waals surface area contributed by atoms with Crippen LogP contribution >= 0.6 is 0 Å². The molecule has 86 valence electrons. The Balaban J connectivity index is 1.83. The Hall–Kier alpha value is -1.15. The molecule has 0 spiro atoms. The van der Waals surface area contributed by atoms with E-state index in [1.165, 1.54) is 24.6 Å². The molecule has 0 aromatic heterocycles. The average Bonchev–Trinajstić information content (AvgIpc) is 2.38. The minimum Gasteiger partial charge on any atom is -0.373 e. The predicted molar refractivity (Wildman–Crippen MR) is 66.2 cm³/mol. The van der Waals surface area contributed by atoms with Crippen molar-refractivity contribution in [2.45, 2.75) is 37.7 Å². The summed E-state index contributed by atoms with van der Waals surface area (Å²) in [5.41, 5.74) is 1.47. The van der Waals surface area contributed by atoms with Crippen LogP contribution in [0.3, 0.4) is 0 Å². The molecule has 0 aliphatic heterocycles. The Kier molecular flexibility index (Phi) is 4.11. The Bertz CT molecular complexity index is 315. The van der Waals surface area contributed by atoms with Gasteiger partial charge in [0.05, 0.1) is 12.7 Å². The molecule has 0 unspecified atom stereocenters. The molecule has 16 heavy (non-hydrogen) atoms. The van der Waals surface area contributed by atoms with E-state index in [0.29, 0.717) is 18.6 Å². The third-order valence-corrected chi connectivity index (χ3v) is 3.36. The Labute approximate surface area is 97.1 Å². The number of rotatable bonds is 4. The molecule has 2 heteroatoms. The molecular formula is C14H19NO. The zero-order valence-corrected chi connectivity index (χ0v) is 9.56. The molecule has 0 atom stereocenters. The average molecular weight is 217 g/mol. The second-order valence-electron chi connectivity index (χ2n) is 4.42. The SMILES string of the molecule is N=CCOC1CCC(c2ccccc2)CC1. The van der Waals surface area contributed by atoms with Gasteiger partial charge in [0.25, 0.3) is 0 Å². The van der Waals surface area contributed by atoms with Crippen molar-refractivity contribution in [2.75, 3.05) is 6.61 Å². The summed E-state index contributed by atoms with van der Waals surface area (Å²) in [5, 5.41) is 6.95. The molecule has 2 nitrogen and oxygen atoms in total. The molecule has 1 aliphatic carbocycles. The molecule has 1 fully saturated rings. The van der Waals surface area contributed by atoms with Crippen LogP contribution in [-0.4, -0.2) is 18.9 Å². The summed E-state index contributed by atoms with van der Waals surface area (Å²) in [5.74, 6) is 0.709. The molecule has 1 aliphatic rings. The van der Waals surface area contributed by atoms with Crippen molar-refractivity contribution >= 4 is 6.21 Å². The van der Waals surface area contributed by atoms with E-state index < -0.39 is 0 Å². The van der Waals surface area contributed by atoms with Crippen molar-refractivity contribution in [3.8, 4) is 0 Å². The molecule has 1 saturated carbocycles. The topological polar surface area (TPSA) is 33.1 Å². The number of hydrogen-bond acceptors (Lipinski definition) is 2. The maximum absolute atomic E-state index is 6.95. The van der Waals surface area contributed by atoms with Gasteiger partial charge in [0, 0.05) is 6.21 Å². The lowest BCUT2D eigenvalue weighted by atomic mass is 9.83.